The minimum atomic E-state index is 0.480. The van der Waals surface area contributed by atoms with Crippen molar-refractivity contribution in [2.75, 3.05) is 6.61 Å². The van der Waals surface area contributed by atoms with E-state index in [1.54, 1.807) is 11.0 Å². The smallest absolute Gasteiger partial charge is 0.157 e. The number of aryl methyl sites for hydroxylation is 1. The van der Waals surface area contributed by atoms with E-state index in [4.69, 9.17) is 10.5 Å². The van der Waals surface area contributed by atoms with Gasteiger partial charge in [-0.05, 0) is 17.7 Å². The van der Waals surface area contributed by atoms with Gasteiger partial charge in [-0.15, -0.1) is 0 Å². The third-order valence-electron chi connectivity index (χ3n) is 3.05. The second kappa shape index (κ2) is 3.85. The van der Waals surface area contributed by atoms with Gasteiger partial charge in [0.1, 0.15) is 12.1 Å². The molecule has 5 heteroatoms. The molecule has 88 valence electrons. The number of hydrogen-bond donors (Lipinski definition) is 1. The highest BCUT2D eigenvalue weighted by atomic mass is 16.5. The number of fused-ring (bicyclic) bond motifs is 1. The maximum absolute atomic E-state index is 5.76. The van der Waals surface area contributed by atoms with Crippen LogP contribution in [0.1, 0.15) is 11.1 Å². The highest BCUT2D eigenvalue weighted by molar-refractivity contribution is 5.62. The van der Waals surface area contributed by atoms with Crippen LogP contribution in [0.15, 0.2) is 18.5 Å². The average molecular weight is 230 g/mol. The first kappa shape index (κ1) is 10.3. The van der Waals surface area contributed by atoms with E-state index in [9.17, 15) is 0 Å². The molecule has 1 aliphatic heterocycles. The van der Waals surface area contributed by atoms with Crippen molar-refractivity contribution in [3.63, 3.8) is 0 Å². The second-order valence-corrected chi connectivity index (χ2v) is 4.13. The minimum absolute atomic E-state index is 0.480. The monoisotopic (exact) mass is 230 g/mol. The Balaban J connectivity index is 2.16. The normalized spacial score (nSPS) is 13.5. The zero-order chi connectivity index (χ0) is 11.8. The number of benzene rings is 1. The first-order chi connectivity index (χ1) is 8.29. The van der Waals surface area contributed by atoms with Crippen LogP contribution in [0.3, 0.4) is 0 Å². The van der Waals surface area contributed by atoms with E-state index in [1.165, 1.54) is 5.56 Å². The van der Waals surface area contributed by atoms with Crippen LogP contribution < -0.4 is 10.5 Å². The van der Waals surface area contributed by atoms with Crippen LogP contribution in [0.25, 0.3) is 11.4 Å². The first-order valence-corrected chi connectivity index (χ1v) is 5.62. The highest BCUT2D eigenvalue weighted by Gasteiger charge is 2.18. The average Bonchev–Trinajstić information content (AvgIpc) is 2.95. The molecule has 0 unspecified atom stereocenters. The fourth-order valence-corrected chi connectivity index (χ4v) is 2.23. The molecule has 5 nitrogen and oxygen atoms in total. The Morgan fingerprint density at radius 1 is 1.47 bits per heavy atom. The number of nitrogens with two attached hydrogens (primary N) is 1. The lowest BCUT2D eigenvalue weighted by Gasteiger charge is -2.09. The fourth-order valence-electron chi connectivity index (χ4n) is 2.23. The van der Waals surface area contributed by atoms with Gasteiger partial charge in [-0.25, -0.2) is 9.67 Å². The Labute approximate surface area is 99.2 Å². The molecule has 0 aliphatic carbocycles. The lowest BCUT2D eigenvalue weighted by atomic mass is 10.0. The molecule has 0 saturated carbocycles. The fraction of sp³-hybridized carbons (Fsp3) is 0.333. The van der Waals surface area contributed by atoms with Gasteiger partial charge in [0.2, 0.25) is 0 Å². The van der Waals surface area contributed by atoms with E-state index in [0.29, 0.717) is 6.54 Å². The summed E-state index contributed by atoms with van der Waals surface area (Å²) in [4.78, 5) is 4.26. The van der Waals surface area contributed by atoms with Crippen LogP contribution in [0.5, 0.6) is 5.75 Å². The number of ether oxygens (including phenoxy) is 1. The topological polar surface area (TPSA) is 66.0 Å². The van der Waals surface area contributed by atoms with E-state index in [0.717, 1.165) is 35.7 Å². The van der Waals surface area contributed by atoms with E-state index in [2.05, 4.69) is 16.1 Å². The number of nitrogens with zero attached hydrogens (tertiary/aromatic N) is 3. The lowest BCUT2D eigenvalue weighted by Crippen LogP contribution is -2.01. The van der Waals surface area contributed by atoms with E-state index in [-0.39, 0.29) is 0 Å². The summed E-state index contributed by atoms with van der Waals surface area (Å²) < 4.78 is 7.36. The zero-order valence-corrected chi connectivity index (χ0v) is 9.68. The predicted molar refractivity (Wildman–Crippen MR) is 63.5 cm³/mol. The Morgan fingerprint density at radius 3 is 3.06 bits per heavy atom. The Bertz CT molecular complexity index is 562. The van der Waals surface area contributed by atoms with Gasteiger partial charge in [0.15, 0.2) is 5.82 Å². The predicted octanol–water partition coefficient (Wildman–Crippen LogP) is 0.876. The van der Waals surface area contributed by atoms with Gasteiger partial charge in [-0.1, -0.05) is 0 Å². The third-order valence-corrected chi connectivity index (χ3v) is 3.05. The third kappa shape index (κ3) is 1.59. The molecule has 17 heavy (non-hydrogen) atoms. The molecule has 0 atom stereocenters. The molecule has 2 heterocycles. The summed E-state index contributed by atoms with van der Waals surface area (Å²) >= 11 is 0. The molecule has 0 spiro atoms. The van der Waals surface area contributed by atoms with Crippen LogP contribution in [0.4, 0.5) is 0 Å². The zero-order valence-electron chi connectivity index (χ0n) is 9.68. The summed E-state index contributed by atoms with van der Waals surface area (Å²) in [6.45, 7) is 1.22. The molecule has 0 bridgehead atoms. The molecule has 3 rings (SSSR count). The van der Waals surface area contributed by atoms with Crippen LogP contribution in [0, 0.1) is 0 Å². The van der Waals surface area contributed by atoms with Crippen LogP contribution in [0.2, 0.25) is 0 Å². The number of rotatable bonds is 2. The molecule has 0 fully saturated rings. The molecule has 0 radical (unpaired) electrons. The summed E-state index contributed by atoms with van der Waals surface area (Å²) in [6.07, 6.45) is 2.50. The van der Waals surface area contributed by atoms with Crippen molar-refractivity contribution < 1.29 is 4.74 Å². The summed E-state index contributed by atoms with van der Waals surface area (Å²) in [7, 11) is 1.88. The van der Waals surface area contributed by atoms with Crippen LogP contribution in [-0.2, 0) is 20.0 Å². The van der Waals surface area contributed by atoms with Crippen molar-refractivity contribution in [2.45, 2.75) is 13.0 Å². The quantitative estimate of drug-likeness (QED) is 0.831. The molecule has 2 N–H and O–H groups in total. The summed E-state index contributed by atoms with van der Waals surface area (Å²) in [5, 5.41) is 4.09. The maximum atomic E-state index is 5.76. The number of aromatic nitrogens is 3. The minimum Gasteiger partial charge on any atom is -0.493 e. The van der Waals surface area contributed by atoms with Crippen molar-refractivity contribution in [1.82, 2.24) is 14.8 Å². The Hall–Kier alpha value is -1.88. The largest absolute Gasteiger partial charge is 0.493 e. The van der Waals surface area contributed by atoms with Gasteiger partial charge in [-0.3, -0.25) is 0 Å². The SMILES string of the molecule is Cn1ncnc1-c1cc(CN)c2c(c1)CCO2. The van der Waals surface area contributed by atoms with Crippen molar-refractivity contribution >= 4 is 0 Å². The van der Waals surface area contributed by atoms with Crippen molar-refractivity contribution in [2.24, 2.45) is 12.8 Å². The first-order valence-electron chi connectivity index (χ1n) is 5.62. The van der Waals surface area contributed by atoms with Gasteiger partial charge in [0, 0.05) is 31.1 Å². The Kier molecular flexibility index (Phi) is 2.33. The highest BCUT2D eigenvalue weighted by Crippen LogP contribution is 2.33. The molecule has 1 aromatic carbocycles. The van der Waals surface area contributed by atoms with E-state index < -0.39 is 0 Å². The van der Waals surface area contributed by atoms with Crippen LogP contribution >= 0.6 is 0 Å². The molecule has 2 aromatic rings. The Morgan fingerprint density at radius 2 is 2.35 bits per heavy atom. The number of hydrogen-bond acceptors (Lipinski definition) is 4. The van der Waals surface area contributed by atoms with Crippen molar-refractivity contribution in [3.05, 3.63) is 29.6 Å². The molecular weight excluding hydrogens is 216 g/mol. The van der Waals surface area contributed by atoms with E-state index in [1.807, 2.05) is 13.1 Å². The van der Waals surface area contributed by atoms with Gasteiger partial charge >= 0.3 is 0 Å². The molecule has 1 aliphatic rings. The lowest BCUT2D eigenvalue weighted by molar-refractivity contribution is 0.353. The van der Waals surface area contributed by atoms with Gasteiger partial charge in [0.05, 0.1) is 6.61 Å². The summed E-state index contributed by atoms with van der Waals surface area (Å²) in [5.41, 5.74) is 9.06. The van der Waals surface area contributed by atoms with Crippen molar-refractivity contribution in [1.29, 1.82) is 0 Å². The summed E-state index contributed by atoms with van der Waals surface area (Å²) in [5.74, 6) is 1.81. The molecule has 0 amide bonds. The van der Waals surface area contributed by atoms with Gasteiger partial charge < -0.3 is 10.5 Å². The van der Waals surface area contributed by atoms with Crippen LogP contribution in [-0.4, -0.2) is 21.4 Å². The van der Waals surface area contributed by atoms with Crippen molar-refractivity contribution in [3.8, 4) is 17.1 Å². The molecule has 0 saturated heterocycles. The van der Waals surface area contributed by atoms with Gasteiger partial charge in [-0.2, -0.15) is 5.10 Å². The standard InChI is InChI=1S/C12H14N4O/c1-16-12(14-7-15-16)9-4-8-2-3-17-11(8)10(5-9)6-13/h4-5,7H,2-3,6,13H2,1H3. The molecular formula is C12H14N4O. The summed E-state index contributed by atoms with van der Waals surface area (Å²) in [6, 6.07) is 4.15. The van der Waals surface area contributed by atoms with Gasteiger partial charge in [0.25, 0.3) is 0 Å². The second-order valence-electron chi connectivity index (χ2n) is 4.13. The molecule has 1 aromatic heterocycles. The maximum Gasteiger partial charge on any atom is 0.157 e. The van der Waals surface area contributed by atoms with E-state index >= 15 is 0 Å².